The molecule has 0 unspecified atom stereocenters. The Balaban J connectivity index is 0.00000417. The van der Waals surface area contributed by atoms with Crippen LogP contribution in [0.25, 0.3) is 0 Å². The van der Waals surface area contributed by atoms with Gasteiger partial charge in [0.05, 0.1) is 11.8 Å². The van der Waals surface area contributed by atoms with Crippen molar-refractivity contribution in [3.05, 3.63) is 64.9 Å². The predicted octanol–water partition coefficient (Wildman–Crippen LogP) is 3.71. The number of pyridine rings is 1. The highest BCUT2D eigenvalue weighted by molar-refractivity contribution is 7.59. The lowest BCUT2D eigenvalue weighted by Crippen LogP contribution is -2.49. The zero-order valence-electron chi connectivity index (χ0n) is 27.3. The summed E-state index contributed by atoms with van der Waals surface area (Å²) >= 11 is 0. The first-order valence-corrected chi connectivity index (χ1v) is 16.4. The average Bonchev–Trinajstić information content (AvgIpc) is 3.44. The summed E-state index contributed by atoms with van der Waals surface area (Å²) < 4.78 is 11.3. The quantitative estimate of drug-likeness (QED) is 0.268. The van der Waals surface area contributed by atoms with E-state index in [-0.39, 0.29) is 25.9 Å². The molecule has 4 heterocycles. The maximum absolute atomic E-state index is 13.3. The molecule has 3 aromatic rings. The maximum Gasteiger partial charge on any atom is 0.251 e. The van der Waals surface area contributed by atoms with Crippen LogP contribution in [0.15, 0.2) is 41.1 Å². The standard InChI is InChI=1S/C34H47N7O4.H2S/c1-23(2)40-11-13-41(14-12-40)33-17-27(16-32(38-33)37-28-5-4-6-28)34(43)35-18-29(42)20-39-10-9-25-15-30(8-7-26(25)19-39)44-21-31-24(3)36-22-45-31;/h7-8,15-17,22-23,28-29,42H,4-6,9-14,18-21H2,1-3H3,(H,35,43)(H,37,38);1H2/t29-;/m0./s1. The number of carbonyl (C=O) groups is 1. The molecule has 11 nitrogen and oxygen atoms in total. The van der Waals surface area contributed by atoms with Gasteiger partial charge >= 0.3 is 0 Å². The van der Waals surface area contributed by atoms with Crippen LogP contribution >= 0.6 is 13.5 Å². The number of anilines is 2. The van der Waals surface area contributed by atoms with E-state index in [0.717, 1.165) is 87.4 Å². The van der Waals surface area contributed by atoms with E-state index in [0.29, 0.717) is 30.8 Å². The smallest absolute Gasteiger partial charge is 0.251 e. The summed E-state index contributed by atoms with van der Waals surface area (Å²) in [6, 6.07) is 10.8. The van der Waals surface area contributed by atoms with Gasteiger partial charge in [0.25, 0.3) is 5.91 Å². The summed E-state index contributed by atoms with van der Waals surface area (Å²) in [4.78, 5) is 29.3. The van der Waals surface area contributed by atoms with Crippen molar-refractivity contribution < 1.29 is 19.1 Å². The number of carbonyl (C=O) groups excluding carboxylic acids is 1. The van der Waals surface area contributed by atoms with E-state index in [1.54, 1.807) is 0 Å². The monoisotopic (exact) mass is 651 g/mol. The summed E-state index contributed by atoms with van der Waals surface area (Å²) in [5.41, 5.74) is 3.89. The number of rotatable bonds is 12. The van der Waals surface area contributed by atoms with Gasteiger partial charge in [-0.3, -0.25) is 14.6 Å². The van der Waals surface area contributed by atoms with E-state index < -0.39 is 6.10 Å². The fourth-order valence-corrected chi connectivity index (χ4v) is 6.23. The lowest BCUT2D eigenvalue weighted by molar-refractivity contribution is 0.0841. The van der Waals surface area contributed by atoms with E-state index in [4.69, 9.17) is 14.1 Å². The Labute approximate surface area is 279 Å². The molecular weight excluding hydrogens is 602 g/mol. The van der Waals surface area contributed by atoms with Crippen LogP contribution in [0.4, 0.5) is 11.6 Å². The Morgan fingerprint density at radius 2 is 1.91 bits per heavy atom. The van der Waals surface area contributed by atoms with Crippen LogP contribution in [0.3, 0.4) is 0 Å². The summed E-state index contributed by atoms with van der Waals surface area (Å²) in [5, 5.41) is 17.4. The Bertz CT molecular complexity index is 1450. The van der Waals surface area contributed by atoms with Crippen LogP contribution in [0.5, 0.6) is 5.75 Å². The molecule has 0 spiro atoms. The van der Waals surface area contributed by atoms with Crippen LogP contribution < -0.4 is 20.3 Å². The van der Waals surface area contributed by atoms with Crippen LogP contribution in [-0.2, 0) is 19.6 Å². The van der Waals surface area contributed by atoms with E-state index in [2.05, 4.69) is 56.3 Å². The first-order chi connectivity index (χ1) is 21.8. The second kappa shape index (κ2) is 15.5. The minimum Gasteiger partial charge on any atom is -0.486 e. The van der Waals surface area contributed by atoms with Gasteiger partial charge in [0.1, 0.15) is 24.0 Å². The molecule has 3 N–H and O–H groups in total. The first kappa shape index (κ1) is 34.0. The molecule has 3 aliphatic rings. The van der Waals surface area contributed by atoms with Crippen molar-refractivity contribution in [1.29, 1.82) is 0 Å². The Hall–Kier alpha value is -3.32. The normalized spacial score (nSPS) is 18.0. The molecule has 250 valence electrons. The van der Waals surface area contributed by atoms with Crippen molar-refractivity contribution in [3.63, 3.8) is 0 Å². The van der Waals surface area contributed by atoms with Gasteiger partial charge in [0, 0.05) is 70.0 Å². The third kappa shape index (κ3) is 8.52. The topological polar surface area (TPSA) is 119 Å². The number of aryl methyl sites for hydroxylation is 1. The average molecular weight is 652 g/mol. The molecule has 0 radical (unpaired) electrons. The zero-order valence-corrected chi connectivity index (χ0v) is 28.3. The number of β-amino-alcohol motifs (C(OH)–C–C–N with tert-alkyl or cyclic N) is 1. The lowest BCUT2D eigenvalue weighted by atomic mass is 9.93. The molecule has 12 heteroatoms. The molecule has 2 aromatic heterocycles. The first-order valence-electron chi connectivity index (χ1n) is 16.4. The van der Waals surface area contributed by atoms with Crippen LogP contribution in [0.1, 0.15) is 66.0 Å². The van der Waals surface area contributed by atoms with Crippen LogP contribution in [-0.4, -0.2) is 94.8 Å². The number of hydrogen-bond donors (Lipinski definition) is 3. The van der Waals surface area contributed by atoms with Gasteiger partial charge in [0.2, 0.25) is 0 Å². The predicted molar refractivity (Wildman–Crippen MR) is 184 cm³/mol. The van der Waals surface area contributed by atoms with Crippen molar-refractivity contribution in [3.8, 4) is 5.75 Å². The molecule has 1 saturated carbocycles. The van der Waals surface area contributed by atoms with Gasteiger partial charge in [-0.15, -0.1) is 0 Å². The molecule has 0 bridgehead atoms. The van der Waals surface area contributed by atoms with E-state index in [1.165, 1.54) is 23.9 Å². The number of piperazine rings is 1. The molecule has 2 aliphatic heterocycles. The van der Waals surface area contributed by atoms with E-state index in [1.807, 2.05) is 25.1 Å². The molecule has 1 amide bonds. The molecule has 6 rings (SSSR count). The summed E-state index contributed by atoms with van der Waals surface area (Å²) in [6.45, 7) is 12.7. The van der Waals surface area contributed by atoms with Gasteiger partial charge in [-0.25, -0.2) is 9.97 Å². The molecule has 46 heavy (non-hydrogen) atoms. The third-order valence-electron chi connectivity index (χ3n) is 9.35. The number of ether oxygens (including phenoxy) is 1. The number of fused-ring (bicyclic) bond motifs is 1. The van der Waals surface area contributed by atoms with E-state index in [9.17, 15) is 9.90 Å². The Kier molecular flexibility index (Phi) is 11.5. The number of hydrogen-bond acceptors (Lipinski definition) is 10. The summed E-state index contributed by atoms with van der Waals surface area (Å²) in [6.07, 6.45) is 5.11. The highest BCUT2D eigenvalue weighted by Gasteiger charge is 2.24. The highest BCUT2D eigenvalue weighted by Crippen LogP contribution is 2.27. The lowest BCUT2D eigenvalue weighted by Gasteiger charge is -2.37. The molecule has 2 fully saturated rings. The van der Waals surface area contributed by atoms with Crippen LogP contribution in [0, 0.1) is 6.92 Å². The zero-order chi connectivity index (χ0) is 31.3. The number of benzene rings is 1. The van der Waals surface area contributed by atoms with Crippen LogP contribution in [0.2, 0.25) is 0 Å². The largest absolute Gasteiger partial charge is 0.486 e. The van der Waals surface area contributed by atoms with Crippen molar-refractivity contribution in [1.82, 2.24) is 25.1 Å². The SMILES string of the molecule is Cc1ncoc1COc1ccc2c(c1)CCN(C[C@@H](O)CNC(=O)c1cc(NC3CCC3)nc(N3CCN(C(C)C)CC3)c1)C2.S. The van der Waals surface area contributed by atoms with Gasteiger partial charge in [-0.2, -0.15) is 13.5 Å². The van der Waals surface area contributed by atoms with E-state index >= 15 is 0 Å². The molecular formula is C34H49N7O4S. The minimum atomic E-state index is -0.679. The number of oxazole rings is 1. The van der Waals surface area contributed by atoms with Gasteiger partial charge in [0.15, 0.2) is 12.2 Å². The number of aliphatic hydroxyl groups is 1. The number of nitrogens with zero attached hydrogens (tertiary/aromatic N) is 5. The number of amides is 1. The summed E-state index contributed by atoms with van der Waals surface area (Å²) in [7, 11) is 0. The number of nitrogens with one attached hydrogen (secondary N) is 2. The van der Waals surface area contributed by atoms with Crippen molar-refractivity contribution in [2.75, 3.05) is 56.0 Å². The maximum atomic E-state index is 13.3. The molecule has 1 atom stereocenters. The molecule has 1 aliphatic carbocycles. The van der Waals surface area contributed by atoms with Crippen molar-refractivity contribution in [2.45, 2.75) is 77.8 Å². The van der Waals surface area contributed by atoms with Gasteiger partial charge < -0.3 is 29.8 Å². The third-order valence-corrected chi connectivity index (χ3v) is 9.35. The fraction of sp³-hybridized carbons (Fsp3) is 0.559. The second-order valence-electron chi connectivity index (χ2n) is 12.9. The Morgan fingerprint density at radius 1 is 1.11 bits per heavy atom. The molecule has 1 saturated heterocycles. The highest BCUT2D eigenvalue weighted by atomic mass is 32.1. The molecule has 1 aromatic carbocycles. The fourth-order valence-electron chi connectivity index (χ4n) is 6.23. The minimum absolute atomic E-state index is 0. The number of aromatic nitrogens is 2. The van der Waals surface area contributed by atoms with Crippen molar-refractivity contribution in [2.24, 2.45) is 0 Å². The second-order valence-corrected chi connectivity index (χ2v) is 12.9. The van der Waals surface area contributed by atoms with Crippen molar-refractivity contribution >= 4 is 31.0 Å². The Morgan fingerprint density at radius 3 is 2.61 bits per heavy atom. The van der Waals surface area contributed by atoms with Gasteiger partial charge in [-0.05, 0) is 81.8 Å². The number of aliphatic hydroxyl groups excluding tert-OH is 1. The van der Waals surface area contributed by atoms with Gasteiger partial charge in [-0.1, -0.05) is 6.07 Å². The summed E-state index contributed by atoms with van der Waals surface area (Å²) in [5.74, 6) is 2.94.